The highest BCUT2D eigenvalue weighted by molar-refractivity contribution is 5.97. The number of nitrogens with zero attached hydrogens (tertiary/aromatic N) is 2. The van der Waals surface area contributed by atoms with Crippen molar-refractivity contribution in [3.8, 4) is 28.7 Å². The van der Waals surface area contributed by atoms with Crippen LogP contribution in [0.3, 0.4) is 0 Å². The molecule has 1 heterocycles. The first-order valence-electron chi connectivity index (χ1n) is 17.8. The van der Waals surface area contributed by atoms with Crippen LogP contribution in [-0.2, 0) is 18.0 Å². The molecule has 0 aromatic heterocycles. The number of carbonyl (C=O) groups is 2. The number of allylic oxidation sites excluding steroid dienone is 2. The van der Waals surface area contributed by atoms with Gasteiger partial charge in [0.2, 0.25) is 6.41 Å². The van der Waals surface area contributed by atoms with Crippen LogP contribution in [0.5, 0.6) is 28.7 Å². The molecule has 1 aliphatic heterocycles. The average Bonchev–Trinajstić information content (AvgIpc) is 3.63. The van der Waals surface area contributed by atoms with Crippen molar-refractivity contribution in [1.82, 2.24) is 10.2 Å². The van der Waals surface area contributed by atoms with Gasteiger partial charge in [-0.25, -0.2) is 0 Å². The maximum atomic E-state index is 13.4. The lowest BCUT2D eigenvalue weighted by Crippen LogP contribution is -2.36. The van der Waals surface area contributed by atoms with Gasteiger partial charge in [0.15, 0.2) is 23.0 Å². The van der Waals surface area contributed by atoms with E-state index in [1.807, 2.05) is 84.0 Å². The number of benzene rings is 3. The minimum Gasteiger partial charge on any atom is -0.497 e. The van der Waals surface area contributed by atoms with E-state index >= 15 is 0 Å². The lowest BCUT2D eigenvalue weighted by molar-refractivity contribution is -0.109. The fraction of sp³-hybridized carbons (Fsp3) is 0.381. The Kier molecular flexibility index (Phi) is 16.6. The van der Waals surface area contributed by atoms with E-state index in [0.717, 1.165) is 27.8 Å². The number of hydrogen-bond acceptors (Lipinski definition) is 9. The summed E-state index contributed by atoms with van der Waals surface area (Å²) in [5.74, 6) is 2.48. The summed E-state index contributed by atoms with van der Waals surface area (Å²) < 4.78 is 29.2. The first kappa shape index (κ1) is 41.8. The Hall–Kier alpha value is -5.58. The van der Waals surface area contributed by atoms with E-state index in [1.54, 1.807) is 43.5 Å². The normalized spacial score (nSPS) is 15.3. The Morgan fingerprint density at radius 2 is 1.60 bits per heavy atom. The molecule has 2 amide bonds. The molecule has 0 spiro atoms. The van der Waals surface area contributed by atoms with E-state index in [-0.39, 0.29) is 31.2 Å². The fourth-order valence-corrected chi connectivity index (χ4v) is 5.72. The maximum absolute atomic E-state index is 13.4. The molecule has 4 rings (SSSR count). The largest absolute Gasteiger partial charge is 0.497 e. The summed E-state index contributed by atoms with van der Waals surface area (Å²) in [6, 6.07) is 14.0. The Morgan fingerprint density at radius 1 is 0.943 bits per heavy atom. The van der Waals surface area contributed by atoms with Crippen LogP contribution in [0.1, 0.15) is 74.5 Å². The summed E-state index contributed by atoms with van der Waals surface area (Å²) in [5, 5.41) is 10.6. The first-order valence-corrected chi connectivity index (χ1v) is 17.8. The van der Waals surface area contributed by atoms with Crippen LogP contribution in [-0.4, -0.2) is 69.6 Å². The second-order valence-electron chi connectivity index (χ2n) is 12.2. The third kappa shape index (κ3) is 11.5. The van der Waals surface area contributed by atoms with Crippen LogP contribution in [0.25, 0.3) is 0 Å². The third-order valence-electron chi connectivity index (χ3n) is 8.76. The minimum atomic E-state index is -0.262. The maximum Gasteiger partial charge on any atom is 0.254 e. The molecule has 1 fully saturated rings. The van der Waals surface area contributed by atoms with Crippen molar-refractivity contribution in [3.05, 3.63) is 94.1 Å². The van der Waals surface area contributed by atoms with Gasteiger partial charge < -0.3 is 39.3 Å². The number of methoxy groups -OCH3 is 3. The second kappa shape index (κ2) is 21.1. The first-order chi connectivity index (χ1) is 25.7. The molecule has 0 bridgehead atoms. The molecule has 2 unspecified atom stereocenters. The fourth-order valence-electron chi connectivity index (χ4n) is 5.72. The van der Waals surface area contributed by atoms with Crippen LogP contribution in [0.2, 0.25) is 0 Å². The number of nitrogens with one attached hydrogen (secondary N) is 2. The molecule has 284 valence electrons. The Labute approximate surface area is 314 Å². The molecular formula is C42H54N4O7. The van der Waals surface area contributed by atoms with Gasteiger partial charge in [0.05, 0.1) is 39.1 Å². The van der Waals surface area contributed by atoms with Gasteiger partial charge in [-0.2, -0.15) is 0 Å². The van der Waals surface area contributed by atoms with Gasteiger partial charge in [0.1, 0.15) is 19.0 Å². The molecule has 1 aliphatic rings. The smallest absolute Gasteiger partial charge is 0.254 e. The van der Waals surface area contributed by atoms with Crippen molar-refractivity contribution in [2.45, 2.75) is 79.7 Å². The lowest BCUT2D eigenvalue weighted by Gasteiger charge is -2.21. The number of rotatable bonds is 17. The van der Waals surface area contributed by atoms with E-state index in [2.05, 4.69) is 10.3 Å². The predicted molar refractivity (Wildman–Crippen MR) is 211 cm³/mol. The van der Waals surface area contributed by atoms with Crippen LogP contribution >= 0.6 is 0 Å². The third-order valence-corrected chi connectivity index (χ3v) is 8.76. The van der Waals surface area contributed by atoms with Crippen molar-refractivity contribution in [2.24, 2.45) is 4.99 Å². The lowest BCUT2D eigenvalue weighted by atomic mass is 10.1. The van der Waals surface area contributed by atoms with Crippen LogP contribution in [0, 0.1) is 12.3 Å². The Balaban J connectivity index is 0.00000372. The second-order valence-corrected chi connectivity index (χ2v) is 12.2. The summed E-state index contributed by atoms with van der Waals surface area (Å²) in [6.45, 7) is 12.8. The van der Waals surface area contributed by atoms with Gasteiger partial charge in [-0.1, -0.05) is 37.1 Å². The Bertz CT molecular complexity index is 1800. The summed E-state index contributed by atoms with van der Waals surface area (Å²) in [5.41, 5.74) is 6.01. The number of hydrogen-bond donors (Lipinski definition) is 2. The number of likely N-dealkylation sites (tertiary alicyclic amines) is 1. The highest BCUT2D eigenvalue weighted by Gasteiger charge is 2.31. The van der Waals surface area contributed by atoms with Crippen molar-refractivity contribution in [2.75, 3.05) is 27.9 Å². The number of aryl methyl sites for hydroxylation is 1. The quantitative estimate of drug-likeness (QED) is 0.0815. The van der Waals surface area contributed by atoms with Crippen LogP contribution in [0.15, 0.2) is 76.8 Å². The van der Waals surface area contributed by atoms with E-state index < -0.39 is 0 Å². The topological polar surface area (TPSA) is 132 Å². The van der Waals surface area contributed by atoms with Crippen molar-refractivity contribution in [3.63, 3.8) is 0 Å². The van der Waals surface area contributed by atoms with Gasteiger partial charge in [0, 0.05) is 30.6 Å². The van der Waals surface area contributed by atoms with E-state index in [4.69, 9.17) is 29.1 Å². The molecule has 3 aromatic carbocycles. The van der Waals surface area contributed by atoms with Crippen molar-refractivity contribution in [1.29, 1.82) is 5.41 Å². The molecule has 2 N–H and O–H groups in total. The summed E-state index contributed by atoms with van der Waals surface area (Å²) in [6.07, 6.45) is 9.07. The van der Waals surface area contributed by atoms with Gasteiger partial charge in [-0.15, -0.1) is 0 Å². The highest BCUT2D eigenvalue weighted by Crippen LogP contribution is 2.36. The molecule has 0 aliphatic carbocycles. The summed E-state index contributed by atoms with van der Waals surface area (Å²) in [7, 11) is 4.72. The molecule has 53 heavy (non-hydrogen) atoms. The zero-order valence-corrected chi connectivity index (χ0v) is 32.4. The van der Waals surface area contributed by atoms with Crippen molar-refractivity contribution >= 4 is 30.4 Å². The zero-order valence-electron chi connectivity index (χ0n) is 32.4. The summed E-state index contributed by atoms with van der Waals surface area (Å²) >= 11 is 0. The van der Waals surface area contributed by atoms with Gasteiger partial charge in [0.25, 0.3) is 5.91 Å². The molecule has 11 heteroatoms. The van der Waals surface area contributed by atoms with E-state index in [1.165, 1.54) is 13.3 Å². The SMILES string of the molecule is C/C=C(/C)CC(C=Nc1cc(OCc2cc(COc3ccc(C(=O)N4C/C(=C/C)CC4C=N)cc3OC)cc(OC)c2)c(OC)cc1C)NC=O.CC. The number of amides is 2. The minimum absolute atomic E-state index is 0.162. The van der Waals surface area contributed by atoms with E-state index in [9.17, 15) is 9.59 Å². The van der Waals surface area contributed by atoms with Gasteiger partial charge >= 0.3 is 0 Å². The van der Waals surface area contributed by atoms with Crippen LogP contribution in [0.4, 0.5) is 5.69 Å². The van der Waals surface area contributed by atoms with Crippen LogP contribution < -0.4 is 29.0 Å². The molecular weight excluding hydrogens is 672 g/mol. The molecule has 2 atom stereocenters. The molecule has 3 aromatic rings. The molecule has 1 saturated heterocycles. The van der Waals surface area contributed by atoms with E-state index in [0.29, 0.717) is 65.8 Å². The summed E-state index contributed by atoms with van der Waals surface area (Å²) in [4.78, 5) is 30.9. The standard InChI is InChI=1S/C40H48N4O7.C2H6/c1-8-26(3)12-32(43-25-45)21-42-35-19-39(37(48-6)13-27(35)4)51-24-30-14-29(16-34(17-30)47-5)23-50-36-11-10-31(18-38(36)49-7)40(46)44-22-28(9-2)15-33(44)20-41;1-2/h8-11,13-14,16-21,25,32-33,41H,12,15,22-24H2,1-7H3,(H,43,45);1-2H3/b26-8-,28-9+,41-20?,42-21?;. The number of carbonyl (C=O) groups excluding carboxylic acids is 2. The monoisotopic (exact) mass is 726 g/mol. The van der Waals surface area contributed by atoms with Crippen molar-refractivity contribution < 1.29 is 33.3 Å². The highest BCUT2D eigenvalue weighted by atomic mass is 16.5. The molecule has 0 radical (unpaired) electrons. The zero-order chi connectivity index (χ0) is 38.9. The number of ether oxygens (including phenoxy) is 5. The molecule has 11 nitrogen and oxygen atoms in total. The predicted octanol–water partition coefficient (Wildman–Crippen LogP) is 8.19. The average molecular weight is 727 g/mol. The Morgan fingerprint density at radius 3 is 2.19 bits per heavy atom. The van der Waals surface area contributed by atoms with Gasteiger partial charge in [-0.3, -0.25) is 14.6 Å². The molecule has 0 saturated carbocycles. The number of aliphatic imine (C=N–C) groups is 1. The van der Waals surface area contributed by atoms with Gasteiger partial charge in [-0.05, 0) is 99.7 Å².